The number of carbonyl (C=O) groups is 1. The van der Waals surface area contributed by atoms with E-state index < -0.39 is 0 Å². The van der Waals surface area contributed by atoms with E-state index in [1.807, 2.05) is 37.7 Å². The first-order valence-corrected chi connectivity index (χ1v) is 9.30. The topological polar surface area (TPSA) is 64.7 Å². The Kier molecular flexibility index (Phi) is 5.65. The van der Waals surface area contributed by atoms with Crippen LogP contribution >= 0.6 is 11.6 Å². The van der Waals surface area contributed by atoms with E-state index in [0.29, 0.717) is 23.9 Å². The van der Waals surface area contributed by atoms with Gasteiger partial charge in [-0.25, -0.2) is 0 Å². The van der Waals surface area contributed by atoms with Crippen LogP contribution in [0.1, 0.15) is 29.4 Å². The molecule has 1 unspecified atom stereocenters. The summed E-state index contributed by atoms with van der Waals surface area (Å²) in [5.41, 5.74) is 4.03. The standard InChI is InChI=1S/C20H24ClN5O/c1-13-6-5-7-17(10-13)12-25-9-8-18(24-25)22-20(27)14(2)11-26-16(4)19(21)15(3)23-26/h5-10,14H,11-12H2,1-4H3,(H,22,24,27). The summed E-state index contributed by atoms with van der Waals surface area (Å²) in [6, 6.07) is 10.1. The largest absolute Gasteiger partial charge is 0.309 e. The minimum atomic E-state index is -0.263. The van der Waals surface area contributed by atoms with Crippen molar-refractivity contribution in [3.8, 4) is 0 Å². The van der Waals surface area contributed by atoms with Gasteiger partial charge in [0, 0.05) is 12.3 Å². The maximum absolute atomic E-state index is 12.5. The van der Waals surface area contributed by atoms with Gasteiger partial charge in [0.05, 0.1) is 35.4 Å². The van der Waals surface area contributed by atoms with Crippen LogP contribution < -0.4 is 5.32 Å². The van der Waals surface area contributed by atoms with E-state index in [1.165, 1.54) is 11.1 Å². The molecular formula is C20H24ClN5O. The van der Waals surface area contributed by atoms with Crippen molar-refractivity contribution in [3.63, 3.8) is 0 Å². The third-order valence-electron chi connectivity index (χ3n) is 4.51. The van der Waals surface area contributed by atoms with E-state index in [1.54, 1.807) is 10.7 Å². The highest BCUT2D eigenvalue weighted by Crippen LogP contribution is 2.20. The van der Waals surface area contributed by atoms with Crippen LogP contribution in [0.2, 0.25) is 5.02 Å². The molecule has 7 heteroatoms. The molecule has 6 nitrogen and oxygen atoms in total. The first-order chi connectivity index (χ1) is 12.8. The van der Waals surface area contributed by atoms with Gasteiger partial charge >= 0.3 is 0 Å². The summed E-state index contributed by atoms with van der Waals surface area (Å²) in [6.07, 6.45) is 1.86. The van der Waals surface area contributed by atoms with Crippen molar-refractivity contribution in [3.05, 3.63) is 64.1 Å². The van der Waals surface area contributed by atoms with Crippen molar-refractivity contribution < 1.29 is 4.79 Å². The van der Waals surface area contributed by atoms with Gasteiger partial charge in [0.25, 0.3) is 0 Å². The maximum Gasteiger partial charge on any atom is 0.230 e. The van der Waals surface area contributed by atoms with E-state index in [-0.39, 0.29) is 11.8 Å². The molecule has 0 aliphatic heterocycles. The molecule has 0 aliphatic carbocycles. The van der Waals surface area contributed by atoms with Gasteiger partial charge in [-0.15, -0.1) is 0 Å². The van der Waals surface area contributed by atoms with Crippen LogP contribution in [0.15, 0.2) is 36.5 Å². The molecular weight excluding hydrogens is 362 g/mol. The van der Waals surface area contributed by atoms with Crippen LogP contribution in [0.4, 0.5) is 5.82 Å². The molecule has 1 N–H and O–H groups in total. The second-order valence-electron chi connectivity index (χ2n) is 6.94. The molecule has 0 saturated carbocycles. The van der Waals surface area contributed by atoms with Gasteiger partial charge in [0.15, 0.2) is 5.82 Å². The maximum atomic E-state index is 12.5. The number of aryl methyl sites for hydroxylation is 2. The molecule has 1 aromatic carbocycles. The molecule has 142 valence electrons. The Hall–Kier alpha value is -2.60. The van der Waals surface area contributed by atoms with Crippen molar-refractivity contribution in [2.75, 3.05) is 5.32 Å². The Labute approximate surface area is 164 Å². The lowest BCUT2D eigenvalue weighted by atomic mass is 10.1. The smallest absolute Gasteiger partial charge is 0.230 e. The number of amides is 1. The van der Waals surface area contributed by atoms with Crippen LogP contribution in [-0.4, -0.2) is 25.5 Å². The van der Waals surface area contributed by atoms with Gasteiger partial charge < -0.3 is 5.32 Å². The van der Waals surface area contributed by atoms with Crippen LogP contribution in [0.5, 0.6) is 0 Å². The number of halogens is 1. The summed E-state index contributed by atoms with van der Waals surface area (Å²) in [4.78, 5) is 12.5. The highest BCUT2D eigenvalue weighted by Gasteiger charge is 2.18. The molecule has 1 atom stereocenters. The van der Waals surface area contributed by atoms with Crippen LogP contribution in [0, 0.1) is 26.7 Å². The van der Waals surface area contributed by atoms with Crippen LogP contribution in [0.3, 0.4) is 0 Å². The summed E-state index contributed by atoms with van der Waals surface area (Å²) in [7, 11) is 0. The number of carbonyl (C=O) groups excluding carboxylic acids is 1. The van der Waals surface area contributed by atoms with E-state index in [0.717, 1.165) is 11.4 Å². The molecule has 0 bridgehead atoms. The monoisotopic (exact) mass is 385 g/mol. The first-order valence-electron chi connectivity index (χ1n) is 8.93. The summed E-state index contributed by atoms with van der Waals surface area (Å²) >= 11 is 6.17. The molecule has 2 heterocycles. The zero-order chi connectivity index (χ0) is 19.6. The predicted octanol–water partition coefficient (Wildman–Crippen LogP) is 3.98. The number of hydrogen-bond acceptors (Lipinski definition) is 3. The third-order valence-corrected chi connectivity index (χ3v) is 5.05. The minimum absolute atomic E-state index is 0.0977. The highest BCUT2D eigenvalue weighted by molar-refractivity contribution is 6.31. The zero-order valence-electron chi connectivity index (χ0n) is 16.0. The molecule has 0 spiro atoms. The lowest BCUT2D eigenvalue weighted by Crippen LogP contribution is -2.25. The molecule has 0 aliphatic rings. The Balaban J connectivity index is 1.60. The molecule has 0 radical (unpaired) electrons. The Morgan fingerprint density at radius 2 is 2.00 bits per heavy atom. The Morgan fingerprint density at radius 1 is 1.22 bits per heavy atom. The Bertz CT molecular complexity index is 959. The number of anilines is 1. The summed E-state index contributed by atoms with van der Waals surface area (Å²) in [5, 5.41) is 12.3. The van der Waals surface area contributed by atoms with Crippen LogP contribution in [0.25, 0.3) is 0 Å². The van der Waals surface area contributed by atoms with Crippen molar-refractivity contribution in [1.82, 2.24) is 19.6 Å². The van der Waals surface area contributed by atoms with Gasteiger partial charge in [-0.05, 0) is 26.3 Å². The minimum Gasteiger partial charge on any atom is -0.309 e. The Morgan fingerprint density at radius 3 is 2.67 bits per heavy atom. The van der Waals surface area contributed by atoms with Crippen molar-refractivity contribution in [1.29, 1.82) is 0 Å². The SMILES string of the molecule is Cc1cccc(Cn2ccc(NC(=O)C(C)Cn3nc(C)c(Cl)c3C)n2)c1. The van der Waals surface area contributed by atoms with Gasteiger partial charge in [-0.3, -0.25) is 14.2 Å². The molecule has 3 rings (SSSR count). The number of hydrogen-bond donors (Lipinski definition) is 1. The van der Waals surface area contributed by atoms with E-state index in [9.17, 15) is 4.79 Å². The highest BCUT2D eigenvalue weighted by atomic mass is 35.5. The molecule has 1 amide bonds. The molecule has 0 fully saturated rings. The molecule has 2 aromatic heterocycles. The second-order valence-corrected chi connectivity index (χ2v) is 7.32. The number of benzene rings is 1. The summed E-state index contributed by atoms with van der Waals surface area (Å²) in [5.74, 6) is 0.186. The number of aromatic nitrogens is 4. The molecule has 3 aromatic rings. The quantitative estimate of drug-likeness (QED) is 0.697. The zero-order valence-corrected chi connectivity index (χ0v) is 16.8. The summed E-state index contributed by atoms with van der Waals surface area (Å²) in [6.45, 7) is 8.82. The fourth-order valence-electron chi connectivity index (χ4n) is 2.96. The third kappa shape index (κ3) is 4.57. The van der Waals surface area contributed by atoms with Gasteiger partial charge in [0.1, 0.15) is 0 Å². The van der Waals surface area contributed by atoms with Crippen molar-refractivity contribution in [2.24, 2.45) is 5.92 Å². The normalized spacial score (nSPS) is 12.2. The predicted molar refractivity (Wildman–Crippen MR) is 107 cm³/mol. The summed E-state index contributed by atoms with van der Waals surface area (Å²) < 4.78 is 3.59. The average molecular weight is 386 g/mol. The van der Waals surface area contributed by atoms with Gasteiger partial charge in [-0.2, -0.15) is 10.2 Å². The van der Waals surface area contributed by atoms with E-state index in [4.69, 9.17) is 11.6 Å². The fourth-order valence-corrected chi connectivity index (χ4v) is 3.09. The molecule has 0 saturated heterocycles. The lowest BCUT2D eigenvalue weighted by Gasteiger charge is -2.12. The fraction of sp³-hybridized carbons (Fsp3) is 0.350. The second kappa shape index (κ2) is 7.96. The van der Waals surface area contributed by atoms with Crippen molar-refractivity contribution >= 4 is 23.3 Å². The lowest BCUT2D eigenvalue weighted by molar-refractivity contribution is -0.119. The average Bonchev–Trinajstić information content (AvgIpc) is 3.15. The van der Waals surface area contributed by atoms with Gasteiger partial charge in [0.2, 0.25) is 5.91 Å². The number of nitrogens with zero attached hydrogens (tertiary/aromatic N) is 4. The van der Waals surface area contributed by atoms with E-state index >= 15 is 0 Å². The first kappa shape index (κ1) is 19.2. The number of nitrogens with one attached hydrogen (secondary N) is 1. The number of rotatable bonds is 6. The van der Waals surface area contributed by atoms with Crippen molar-refractivity contribution in [2.45, 2.75) is 40.8 Å². The van der Waals surface area contributed by atoms with Gasteiger partial charge in [-0.1, -0.05) is 48.4 Å². The van der Waals surface area contributed by atoms with Crippen LogP contribution in [-0.2, 0) is 17.9 Å². The molecule has 27 heavy (non-hydrogen) atoms. The van der Waals surface area contributed by atoms with E-state index in [2.05, 4.69) is 40.6 Å².